The Balaban J connectivity index is 1.40. The maximum absolute atomic E-state index is 12.9. The third-order valence-electron chi connectivity index (χ3n) is 4.04. The minimum atomic E-state index is -0.368. The lowest BCUT2D eigenvalue weighted by Crippen LogP contribution is -2.20. The second kappa shape index (κ2) is 8.35. The molecule has 4 rings (SSSR count). The van der Waals surface area contributed by atoms with E-state index in [0.717, 1.165) is 5.56 Å². The third kappa shape index (κ3) is 4.65. The summed E-state index contributed by atoms with van der Waals surface area (Å²) in [6.45, 7) is -0.195. The first-order valence-corrected chi connectivity index (χ1v) is 8.85. The van der Waals surface area contributed by atoms with Gasteiger partial charge in [-0.05, 0) is 42.5 Å². The fraction of sp³-hybridized carbons (Fsp3) is 0.0455. The van der Waals surface area contributed by atoms with Gasteiger partial charge in [-0.2, -0.15) is 4.98 Å². The Kier molecular flexibility index (Phi) is 5.29. The smallest absolute Gasteiger partial charge is 0.262 e. The van der Waals surface area contributed by atoms with Gasteiger partial charge in [-0.1, -0.05) is 41.6 Å². The van der Waals surface area contributed by atoms with Crippen LogP contribution in [0.2, 0.25) is 0 Å². The molecule has 3 aromatic carbocycles. The Hall–Kier alpha value is -4.00. The van der Waals surface area contributed by atoms with Gasteiger partial charge in [-0.3, -0.25) is 4.79 Å². The number of aromatic nitrogens is 2. The number of benzene rings is 3. The van der Waals surface area contributed by atoms with Gasteiger partial charge in [-0.15, -0.1) is 0 Å². The Morgan fingerprint density at radius 1 is 0.966 bits per heavy atom. The van der Waals surface area contributed by atoms with E-state index in [0.29, 0.717) is 28.7 Å². The van der Waals surface area contributed by atoms with Crippen molar-refractivity contribution in [3.8, 4) is 28.6 Å². The molecule has 7 heteroatoms. The number of rotatable bonds is 6. The molecule has 0 radical (unpaired) electrons. The number of hydrogen-bond acceptors (Lipinski definition) is 5. The van der Waals surface area contributed by atoms with Gasteiger partial charge in [-0.25, -0.2) is 4.39 Å². The van der Waals surface area contributed by atoms with Crippen molar-refractivity contribution in [1.82, 2.24) is 10.1 Å². The highest BCUT2D eigenvalue weighted by Crippen LogP contribution is 2.25. The lowest BCUT2D eigenvalue weighted by atomic mass is 10.2. The zero-order valence-electron chi connectivity index (χ0n) is 15.2. The van der Waals surface area contributed by atoms with E-state index < -0.39 is 0 Å². The number of halogens is 1. The van der Waals surface area contributed by atoms with Crippen LogP contribution in [0, 0.1) is 5.82 Å². The summed E-state index contributed by atoms with van der Waals surface area (Å²) in [5.74, 6) is 0.602. The molecule has 0 saturated heterocycles. The predicted molar refractivity (Wildman–Crippen MR) is 106 cm³/mol. The Morgan fingerprint density at radius 3 is 2.52 bits per heavy atom. The van der Waals surface area contributed by atoms with E-state index in [-0.39, 0.29) is 18.3 Å². The lowest BCUT2D eigenvalue weighted by molar-refractivity contribution is -0.118. The van der Waals surface area contributed by atoms with E-state index in [2.05, 4.69) is 15.5 Å². The van der Waals surface area contributed by atoms with Crippen molar-refractivity contribution in [3.63, 3.8) is 0 Å². The topological polar surface area (TPSA) is 77.2 Å². The minimum absolute atomic E-state index is 0.195. The molecule has 0 aliphatic rings. The molecule has 0 spiro atoms. The monoisotopic (exact) mass is 389 g/mol. The van der Waals surface area contributed by atoms with Crippen molar-refractivity contribution >= 4 is 11.6 Å². The standard InChI is InChI=1S/C22H16FN3O3/c23-17-9-11-18(12-10-17)24-20(27)14-28-19-8-4-7-16(13-19)22-25-21(26-29-22)15-5-2-1-3-6-15/h1-13H,14H2,(H,24,27). The number of carbonyl (C=O) groups is 1. The van der Waals surface area contributed by atoms with Gasteiger partial charge < -0.3 is 14.6 Å². The normalized spacial score (nSPS) is 10.5. The maximum Gasteiger partial charge on any atom is 0.262 e. The van der Waals surface area contributed by atoms with Gasteiger partial charge in [0.05, 0.1) is 0 Å². The molecular formula is C22H16FN3O3. The summed E-state index contributed by atoms with van der Waals surface area (Å²) < 4.78 is 23.8. The molecule has 1 heterocycles. The van der Waals surface area contributed by atoms with Gasteiger partial charge in [0.2, 0.25) is 5.82 Å². The molecule has 0 bridgehead atoms. The van der Waals surface area contributed by atoms with Crippen molar-refractivity contribution in [2.45, 2.75) is 0 Å². The molecule has 0 atom stereocenters. The van der Waals surface area contributed by atoms with Gasteiger partial charge >= 0.3 is 0 Å². The zero-order chi connectivity index (χ0) is 20.1. The van der Waals surface area contributed by atoms with Crippen molar-refractivity contribution < 1.29 is 18.4 Å². The molecule has 4 aromatic rings. The summed E-state index contributed by atoms with van der Waals surface area (Å²) in [4.78, 5) is 16.4. The van der Waals surface area contributed by atoms with Crippen LogP contribution in [0.5, 0.6) is 5.75 Å². The third-order valence-corrected chi connectivity index (χ3v) is 4.04. The summed E-state index contributed by atoms with van der Waals surface area (Å²) in [6.07, 6.45) is 0. The first kappa shape index (κ1) is 18.4. The number of amides is 1. The fourth-order valence-corrected chi connectivity index (χ4v) is 2.64. The van der Waals surface area contributed by atoms with E-state index in [4.69, 9.17) is 9.26 Å². The van der Waals surface area contributed by atoms with E-state index >= 15 is 0 Å². The fourth-order valence-electron chi connectivity index (χ4n) is 2.64. The molecule has 0 saturated carbocycles. The van der Waals surface area contributed by atoms with Crippen LogP contribution in [0.25, 0.3) is 22.8 Å². The second-order valence-corrected chi connectivity index (χ2v) is 6.16. The van der Waals surface area contributed by atoms with Crippen LogP contribution in [0.4, 0.5) is 10.1 Å². The number of nitrogens with one attached hydrogen (secondary N) is 1. The van der Waals surface area contributed by atoms with E-state index in [1.165, 1.54) is 24.3 Å². The molecule has 144 valence electrons. The summed E-state index contributed by atoms with van der Waals surface area (Å²) in [5, 5.41) is 6.64. The highest BCUT2D eigenvalue weighted by molar-refractivity contribution is 5.91. The van der Waals surface area contributed by atoms with Crippen LogP contribution in [-0.2, 0) is 4.79 Å². The zero-order valence-corrected chi connectivity index (χ0v) is 15.2. The summed E-state index contributed by atoms with van der Waals surface area (Å²) in [7, 11) is 0. The first-order chi connectivity index (χ1) is 14.2. The molecule has 1 N–H and O–H groups in total. The van der Waals surface area contributed by atoms with E-state index in [1.807, 2.05) is 36.4 Å². The maximum atomic E-state index is 12.9. The molecule has 1 aromatic heterocycles. The number of anilines is 1. The quantitative estimate of drug-likeness (QED) is 0.523. The highest BCUT2D eigenvalue weighted by atomic mass is 19.1. The average Bonchev–Trinajstić information content (AvgIpc) is 3.25. The van der Waals surface area contributed by atoms with E-state index in [9.17, 15) is 9.18 Å². The largest absolute Gasteiger partial charge is 0.484 e. The highest BCUT2D eigenvalue weighted by Gasteiger charge is 2.11. The molecule has 29 heavy (non-hydrogen) atoms. The Morgan fingerprint density at radius 2 is 1.72 bits per heavy atom. The summed E-state index contributed by atoms with van der Waals surface area (Å²) >= 11 is 0. The van der Waals surface area contributed by atoms with Crippen LogP contribution in [0.3, 0.4) is 0 Å². The Bertz CT molecular complexity index is 1110. The van der Waals surface area contributed by atoms with Crippen molar-refractivity contribution in [1.29, 1.82) is 0 Å². The number of nitrogens with zero attached hydrogens (tertiary/aromatic N) is 2. The molecule has 0 unspecified atom stereocenters. The number of ether oxygens (including phenoxy) is 1. The van der Waals surface area contributed by atoms with Crippen LogP contribution in [-0.4, -0.2) is 22.7 Å². The average molecular weight is 389 g/mol. The SMILES string of the molecule is O=C(COc1cccc(-c2nc(-c3ccccc3)no2)c1)Nc1ccc(F)cc1. The van der Waals surface area contributed by atoms with Gasteiger partial charge in [0, 0.05) is 16.8 Å². The molecule has 0 aliphatic carbocycles. The van der Waals surface area contributed by atoms with Crippen molar-refractivity contribution in [2.24, 2.45) is 0 Å². The molecule has 0 fully saturated rings. The summed E-state index contributed by atoms with van der Waals surface area (Å²) in [6, 6.07) is 22.0. The van der Waals surface area contributed by atoms with Gasteiger partial charge in [0.15, 0.2) is 6.61 Å². The predicted octanol–water partition coefficient (Wildman–Crippen LogP) is 4.56. The lowest BCUT2D eigenvalue weighted by Gasteiger charge is -2.08. The number of carbonyl (C=O) groups excluding carboxylic acids is 1. The van der Waals surface area contributed by atoms with E-state index in [1.54, 1.807) is 18.2 Å². The minimum Gasteiger partial charge on any atom is -0.484 e. The van der Waals surface area contributed by atoms with Crippen molar-refractivity contribution in [3.05, 3.63) is 84.7 Å². The first-order valence-electron chi connectivity index (χ1n) is 8.85. The molecule has 1 amide bonds. The molecular weight excluding hydrogens is 373 g/mol. The van der Waals surface area contributed by atoms with Gasteiger partial charge in [0.1, 0.15) is 11.6 Å². The van der Waals surface area contributed by atoms with Crippen LogP contribution >= 0.6 is 0 Å². The van der Waals surface area contributed by atoms with Crippen molar-refractivity contribution in [2.75, 3.05) is 11.9 Å². The van der Waals surface area contributed by atoms with Crippen LogP contribution in [0.15, 0.2) is 83.4 Å². The second-order valence-electron chi connectivity index (χ2n) is 6.16. The number of hydrogen-bond donors (Lipinski definition) is 1. The van der Waals surface area contributed by atoms with Crippen LogP contribution in [0.1, 0.15) is 0 Å². The molecule has 0 aliphatic heterocycles. The molecule has 6 nitrogen and oxygen atoms in total. The van der Waals surface area contributed by atoms with Crippen LogP contribution < -0.4 is 10.1 Å². The summed E-state index contributed by atoms with van der Waals surface area (Å²) in [5.41, 5.74) is 2.02. The Labute approximate surface area is 166 Å². The van der Waals surface area contributed by atoms with Gasteiger partial charge in [0.25, 0.3) is 11.8 Å².